The third-order valence-electron chi connectivity index (χ3n) is 7.30. The molecule has 1 amide bonds. The Kier molecular flexibility index (Phi) is 5.86. The van der Waals surface area contributed by atoms with Gasteiger partial charge in [-0.05, 0) is 66.5 Å². The number of nitriles is 1. The van der Waals surface area contributed by atoms with E-state index < -0.39 is 0 Å². The fourth-order valence-corrected chi connectivity index (χ4v) is 5.37. The molecule has 1 saturated heterocycles. The van der Waals surface area contributed by atoms with Crippen LogP contribution in [-0.2, 0) is 14.3 Å². The van der Waals surface area contributed by atoms with Crippen LogP contribution in [0.25, 0.3) is 11.1 Å². The molecule has 0 radical (unpaired) electrons. The normalized spacial score (nSPS) is 25.8. The van der Waals surface area contributed by atoms with Crippen molar-refractivity contribution in [2.24, 2.45) is 23.7 Å². The fraction of sp³-hybridized carbons (Fsp3) is 0.462. The van der Waals surface area contributed by atoms with Crippen molar-refractivity contribution in [2.75, 3.05) is 18.5 Å². The van der Waals surface area contributed by atoms with Gasteiger partial charge >= 0.3 is 0 Å². The standard InChI is InChI=1S/C26H27N3O4/c1-15(30)10-20-21-13-22(20)25(21)26(31)29-24-12-17(4-7-28-24)16-2-3-23(18(11-16)14-27)33-19-5-8-32-9-6-19/h2-4,7,11-12,19-22,25H,5-6,8-10,13H2,1H3,(H,28,29,31). The molecule has 7 heteroatoms. The first kappa shape index (κ1) is 21.6. The molecule has 1 aliphatic heterocycles. The summed E-state index contributed by atoms with van der Waals surface area (Å²) in [7, 11) is 0. The number of aromatic nitrogens is 1. The van der Waals surface area contributed by atoms with Crippen molar-refractivity contribution < 1.29 is 19.1 Å². The smallest absolute Gasteiger partial charge is 0.229 e. The molecule has 4 aliphatic rings. The van der Waals surface area contributed by atoms with Crippen LogP contribution < -0.4 is 10.1 Å². The Labute approximate surface area is 193 Å². The molecule has 1 aromatic heterocycles. The second kappa shape index (κ2) is 8.95. The summed E-state index contributed by atoms with van der Waals surface area (Å²) in [5.41, 5.74) is 2.20. The van der Waals surface area contributed by atoms with E-state index in [9.17, 15) is 14.9 Å². The highest BCUT2D eigenvalue weighted by Gasteiger charge is 2.63. The highest BCUT2D eigenvalue weighted by Crippen LogP contribution is 2.64. The van der Waals surface area contributed by atoms with Gasteiger partial charge in [0.05, 0.1) is 18.8 Å². The first-order valence-electron chi connectivity index (χ1n) is 11.6. The number of pyridine rings is 1. The van der Waals surface area contributed by atoms with E-state index in [2.05, 4.69) is 16.4 Å². The molecule has 2 bridgehead atoms. The Morgan fingerprint density at radius 2 is 1.94 bits per heavy atom. The van der Waals surface area contributed by atoms with Gasteiger partial charge in [0, 0.05) is 31.4 Å². The number of nitrogens with one attached hydrogen (secondary N) is 1. The quantitative estimate of drug-likeness (QED) is 0.692. The molecule has 2 heterocycles. The molecular formula is C26H27N3O4. The van der Waals surface area contributed by atoms with Crippen molar-refractivity contribution in [3.8, 4) is 22.9 Å². The van der Waals surface area contributed by atoms with Crippen molar-refractivity contribution in [1.82, 2.24) is 4.98 Å². The second-order valence-electron chi connectivity index (χ2n) is 9.33. The number of nitrogens with zero attached hydrogens (tertiary/aromatic N) is 2. The molecule has 1 aromatic carbocycles. The van der Waals surface area contributed by atoms with E-state index in [1.165, 1.54) is 0 Å². The minimum atomic E-state index is -0.0152. The van der Waals surface area contributed by atoms with Gasteiger partial charge in [-0.1, -0.05) is 6.07 Å². The van der Waals surface area contributed by atoms with Crippen LogP contribution in [0, 0.1) is 35.0 Å². The zero-order chi connectivity index (χ0) is 22.9. The molecule has 33 heavy (non-hydrogen) atoms. The first-order chi connectivity index (χ1) is 16.0. The zero-order valence-electron chi connectivity index (χ0n) is 18.6. The van der Waals surface area contributed by atoms with Gasteiger partial charge in [0.25, 0.3) is 0 Å². The van der Waals surface area contributed by atoms with Crippen molar-refractivity contribution >= 4 is 17.5 Å². The molecule has 3 aliphatic carbocycles. The lowest BCUT2D eigenvalue weighted by molar-refractivity contribution is -0.179. The average molecular weight is 446 g/mol. The third-order valence-corrected chi connectivity index (χ3v) is 7.30. The van der Waals surface area contributed by atoms with Crippen LogP contribution in [0.3, 0.4) is 0 Å². The van der Waals surface area contributed by atoms with Crippen molar-refractivity contribution in [3.05, 3.63) is 42.1 Å². The van der Waals surface area contributed by atoms with E-state index in [1.54, 1.807) is 13.1 Å². The number of hydrogen-bond donors (Lipinski definition) is 1. The van der Waals surface area contributed by atoms with Crippen LogP contribution in [-0.4, -0.2) is 36.0 Å². The lowest BCUT2D eigenvalue weighted by Gasteiger charge is -2.63. The highest BCUT2D eigenvalue weighted by atomic mass is 16.5. The average Bonchev–Trinajstić information content (AvgIpc) is 2.77. The Morgan fingerprint density at radius 3 is 2.64 bits per heavy atom. The maximum atomic E-state index is 12.7. The molecule has 3 saturated carbocycles. The molecule has 4 fully saturated rings. The Bertz CT molecular complexity index is 1110. The van der Waals surface area contributed by atoms with Crippen LogP contribution >= 0.6 is 0 Å². The van der Waals surface area contributed by atoms with Crippen molar-refractivity contribution in [3.63, 3.8) is 0 Å². The van der Waals surface area contributed by atoms with E-state index in [0.717, 1.165) is 30.4 Å². The van der Waals surface area contributed by atoms with E-state index in [-0.39, 0.29) is 23.7 Å². The maximum Gasteiger partial charge on any atom is 0.229 e. The summed E-state index contributed by atoms with van der Waals surface area (Å²) >= 11 is 0. The third kappa shape index (κ3) is 4.23. The number of amides is 1. The van der Waals surface area contributed by atoms with Crippen molar-refractivity contribution in [1.29, 1.82) is 5.26 Å². The number of carbonyl (C=O) groups excluding carboxylic acids is 2. The molecule has 2 atom stereocenters. The van der Waals surface area contributed by atoms with Gasteiger partial charge < -0.3 is 19.6 Å². The molecule has 2 unspecified atom stereocenters. The lowest BCUT2D eigenvalue weighted by Crippen LogP contribution is -2.63. The van der Waals surface area contributed by atoms with Crippen LogP contribution in [0.15, 0.2) is 36.5 Å². The number of ketones is 1. The molecule has 6 rings (SSSR count). The van der Waals surface area contributed by atoms with Gasteiger partial charge in [0.1, 0.15) is 29.5 Å². The van der Waals surface area contributed by atoms with Crippen LogP contribution in [0.2, 0.25) is 0 Å². The van der Waals surface area contributed by atoms with Gasteiger partial charge in [-0.3, -0.25) is 4.79 Å². The number of Topliss-reactive ketones (excluding diaryl/α,β-unsaturated/α-hetero) is 1. The lowest BCUT2D eigenvalue weighted by atomic mass is 9.40. The van der Waals surface area contributed by atoms with E-state index in [1.807, 2.05) is 30.3 Å². The molecule has 1 N–H and O–H groups in total. The Balaban J connectivity index is 1.26. The number of carbonyl (C=O) groups is 2. The minimum absolute atomic E-state index is 0.00776. The highest BCUT2D eigenvalue weighted by molar-refractivity contribution is 5.94. The summed E-state index contributed by atoms with van der Waals surface area (Å²) in [5.74, 6) is 2.28. The molecule has 170 valence electrons. The summed E-state index contributed by atoms with van der Waals surface area (Å²) in [6.45, 7) is 2.97. The number of benzene rings is 1. The number of anilines is 1. The van der Waals surface area contributed by atoms with Crippen LogP contribution in [0.5, 0.6) is 5.75 Å². The van der Waals surface area contributed by atoms with Crippen LogP contribution in [0.4, 0.5) is 5.82 Å². The van der Waals surface area contributed by atoms with Gasteiger partial charge in [-0.2, -0.15) is 5.26 Å². The van der Waals surface area contributed by atoms with Gasteiger partial charge in [0.2, 0.25) is 5.91 Å². The van der Waals surface area contributed by atoms with E-state index in [0.29, 0.717) is 54.5 Å². The largest absolute Gasteiger partial charge is 0.489 e. The first-order valence-corrected chi connectivity index (χ1v) is 11.6. The Morgan fingerprint density at radius 1 is 1.18 bits per heavy atom. The van der Waals surface area contributed by atoms with E-state index in [4.69, 9.17) is 9.47 Å². The molecule has 0 spiro atoms. The SMILES string of the molecule is CC(=O)CC1C2CC1C2C(=O)Nc1cc(-c2ccc(OC3CCOCC3)c(C#N)c2)ccn1. The number of rotatable bonds is 7. The summed E-state index contributed by atoms with van der Waals surface area (Å²) < 4.78 is 11.4. The molecule has 2 aromatic rings. The maximum absolute atomic E-state index is 12.7. The van der Waals surface area contributed by atoms with Gasteiger partial charge in [-0.15, -0.1) is 0 Å². The second-order valence-corrected chi connectivity index (χ2v) is 9.33. The summed E-state index contributed by atoms with van der Waals surface area (Å²) in [4.78, 5) is 28.4. The van der Waals surface area contributed by atoms with Crippen LogP contribution in [0.1, 0.15) is 38.2 Å². The fourth-order valence-electron chi connectivity index (χ4n) is 5.37. The summed E-state index contributed by atoms with van der Waals surface area (Å²) in [6, 6.07) is 11.5. The minimum Gasteiger partial charge on any atom is -0.489 e. The zero-order valence-corrected chi connectivity index (χ0v) is 18.6. The van der Waals surface area contributed by atoms with Gasteiger partial charge in [-0.25, -0.2) is 4.98 Å². The predicted octanol–water partition coefficient (Wildman–Crippen LogP) is 3.98. The summed E-state index contributed by atoms with van der Waals surface area (Å²) in [5, 5.41) is 12.6. The number of hydrogen-bond acceptors (Lipinski definition) is 6. The van der Waals surface area contributed by atoms with E-state index >= 15 is 0 Å². The Hall–Kier alpha value is -3.24. The van der Waals surface area contributed by atoms with Crippen molar-refractivity contribution in [2.45, 2.75) is 38.7 Å². The predicted molar refractivity (Wildman–Crippen MR) is 121 cm³/mol. The van der Waals surface area contributed by atoms with Gasteiger partial charge in [0.15, 0.2) is 0 Å². The monoisotopic (exact) mass is 445 g/mol. The molecular weight excluding hydrogens is 418 g/mol. The number of ether oxygens (including phenoxy) is 2. The molecule has 7 nitrogen and oxygen atoms in total. The topological polar surface area (TPSA) is 101 Å². The summed E-state index contributed by atoms with van der Waals surface area (Å²) in [6.07, 6.45) is 4.98.